The van der Waals surface area contributed by atoms with Crippen LogP contribution in [0.1, 0.15) is 5.69 Å². The van der Waals surface area contributed by atoms with Crippen LogP contribution in [0, 0.1) is 12.7 Å². The van der Waals surface area contributed by atoms with Gasteiger partial charge in [0.2, 0.25) is 0 Å². The molecule has 1 aromatic carbocycles. The minimum Gasteiger partial charge on any atom is -0.383 e. The first-order valence-corrected chi connectivity index (χ1v) is 7.04. The highest BCUT2D eigenvalue weighted by molar-refractivity contribution is 9.10. The van der Waals surface area contributed by atoms with E-state index in [0.29, 0.717) is 27.7 Å². The Morgan fingerprint density at radius 1 is 1.30 bits per heavy atom. The molecule has 102 valence electrons. The van der Waals surface area contributed by atoms with Gasteiger partial charge in [-0.2, -0.15) is 0 Å². The number of nitrogens with two attached hydrogens (primary N) is 1. The number of aryl methyl sites for hydroxylation is 1. The minimum atomic E-state index is -0.415. The number of nitrogens with zero attached hydrogens (tertiary/aromatic N) is 2. The number of aromatic nitrogens is 2. The van der Waals surface area contributed by atoms with Gasteiger partial charge in [-0.15, -0.1) is 0 Å². The average Bonchev–Trinajstić information content (AvgIpc) is 2.71. The molecule has 0 saturated heterocycles. The third kappa shape index (κ3) is 2.07. The average molecular weight is 355 g/mol. The van der Waals surface area contributed by atoms with Crippen molar-refractivity contribution in [1.29, 1.82) is 0 Å². The molecule has 0 radical (unpaired) electrons. The molecular weight excluding hydrogens is 345 g/mol. The van der Waals surface area contributed by atoms with Gasteiger partial charge in [0.1, 0.15) is 23.0 Å². The van der Waals surface area contributed by atoms with E-state index in [1.807, 2.05) is 23.5 Å². The third-order valence-electron chi connectivity index (χ3n) is 3.13. The summed E-state index contributed by atoms with van der Waals surface area (Å²) in [5.41, 5.74) is 8.88. The molecule has 0 aliphatic heterocycles. The summed E-state index contributed by atoms with van der Waals surface area (Å²) < 4.78 is 16.2. The van der Waals surface area contributed by atoms with Gasteiger partial charge in [0.25, 0.3) is 0 Å². The van der Waals surface area contributed by atoms with E-state index in [1.165, 1.54) is 12.1 Å². The Bertz CT molecular complexity index is 809. The Kier molecular flexibility index (Phi) is 3.18. The summed E-state index contributed by atoms with van der Waals surface area (Å²) in [5.74, 6) is 0.0438. The van der Waals surface area contributed by atoms with Crippen molar-refractivity contribution in [1.82, 2.24) is 9.38 Å². The van der Waals surface area contributed by atoms with Gasteiger partial charge in [-0.25, -0.2) is 9.37 Å². The zero-order valence-corrected chi connectivity index (χ0v) is 12.8. The second-order valence-corrected chi connectivity index (χ2v) is 5.75. The normalized spacial score (nSPS) is 11.2. The first-order valence-electron chi connectivity index (χ1n) is 5.87. The lowest BCUT2D eigenvalue weighted by molar-refractivity contribution is 0.628. The molecule has 0 bridgehead atoms. The highest BCUT2D eigenvalue weighted by Gasteiger charge is 2.15. The smallest absolute Gasteiger partial charge is 0.139 e. The van der Waals surface area contributed by atoms with E-state index >= 15 is 0 Å². The molecule has 3 aromatic rings. The lowest BCUT2D eigenvalue weighted by atomic mass is 10.1. The molecule has 3 rings (SSSR count). The maximum Gasteiger partial charge on any atom is 0.139 e. The molecule has 2 aromatic heterocycles. The molecule has 0 amide bonds. The molecule has 0 unspecified atom stereocenters. The fourth-order valence-electron chi connectivity index (χ4n) is 2.19. The number of anilines is 1. The molecule has 0 aliphatic carbocycles. The van der Waals surface area contributed by atoms with Gasteiger partial charge in [-0.05, 0) is 53.2 Å². The number of halogens is 3. The van der Waals surface area contributed by atoms with Gasteiger partial charge in [-0.3, -0.25) is 4.40 Å². The van der Waals surface area contributed by atoms with Crippen LogP contribution < -0.4 is 5.73 Å². The molecule has 6 heteroatoms. The summed E-state index contributed by atoms with van der Waals surface area (Å²) >= 11 is 9.34. The van der Waals surface area contributed by atoms with Crippen LogP contribution in [0.5, 0.6) is 0 Å². The largest absolute Gasteiger partial charge is 0.383 e. The zero-order valence-electron chi connectivity index (χ0n) is 10.5. The second-order valence-electron chi connectivity index (χ2n) is 4.46. The molecule has 0 atom stereocenters. The molecule has 0 spiro atoms. The summed E-state index contributed by atoms with van der Waals surface area (Å²) in [4.78, 5) is 4.46. The first kappa shape index (κ1) is 13.4. The Morgan fingerprint density at radius 3 is 2.75 bits per heavy atom. The SMILES string of the molecule is Cc1c(Br)ccc2nc(-c3cc(F)cc(Cl)c3)c(N)n12. The number of fused-ring (bicyclic) bond motifs is 1. The Labute approximate surface area is 128 Å². The highest BCUT2D eigenvalue weighted by atomic mass is 79.9. The molecular formula is C14H10BrClFN3. The molecule has 0 aliphatic rings. The van der Waals surface area contributed by atoms with E-state index in [4.69, 9.17) is 17.3 Å². The maximum atomic E-state index is 13.5. The highest BCUT2D eigenvalue weighted by Crippen LogP contribution is 2.31. The van der Waals surface area contributed by atoms with Gasteiger partial charge in [0, 0.05) is 20.8 Å². The van der Waals surface area contributed by atoms with E-state index in [9.17, 15) is 4.39 Å². The van der Waals surface area contributed by atoms with Crippen molar-refractivity contribution in [3.63, 3.8) is 0 Å². The number of rotatable bonds is 1. The van der Waals surface area contributed by atoms with Crippen LogP contribution in [0.2, 0.25) is 5.02 Å². The molecule has 2 N–H and O–H groups in total. The van der Waals surface area contributed by atoms with Crippen LogP contribution >= 0.6 is 27.5 Å². The van der Waals surface area contributed by atoms with Crippen LogP contribution in [0.4, 0.5) is 10.2 Å². The molecule has 0 saturated carbocycles. The fourth-order valence-corrected chi connectivity index (χ4v) is 2.72. The van der Waals surface area contributed by atoms with Gasteiger partial charge in [0.05, 0.1) is 0 Å². The van der Waals surface area contributed by atoms with Crippen LogP contribution in [-0.4, -0.2) is 9.38 Å². The third-order valence-corrected chi connectivity index (χ3v) is 4.19. The number of pyridine rings is 1. The summed E-state index contributed by atoms with van der Waals surface area (Å²) in [5, 5.41) is 0.314. The van der Waals surface area contributed by atoms with Crippen LogP contribution in [0.15, 0.2) is 34.8 Å². The fraction of sp³-hybridized carbons (Fsp3) is 0.0714. The van der Waals surface area contributed by atoms with E-state index in [-0.39, 0.29) is 0 Å². The molecule has 20 heavy (non-hydrogen) atoms. The molecule has 2 heterocycles. The minimum absolute atomic E-state index is 0.314. The summed E-state index contributed by atoms with van der Waals surface area (Å²) in [6.45, 7) is 1.93. The van der Waals surface area contributed by atoms with E-state index in [2.05, 4.69) is 20.9 Å². The summed E-state index contributed by atoms with van der Waals surface area (Å²) in [7, 11) is 0. The molecule has 0 fully saturated rings. The number of imidazole rings is 1. The van der Waals surface area contributed by atoms with Crippen molar-refractivity contribution < 1.29 is 4.39 Å². The number of hydrogen-bond donors (Lipinski definition) is 1. The topological polar surface area (TPSA) is 43.3 Å². The van der Waals surface area contributed by atoms with Gasteiger partial charge in [-0.1, -0.05) is 11.6 Å². The number of nitrogen functional groups attached to an aromatic ring is 1. The number of hydrogen-bond acceptors (Lipinski definition) is 2. The van der Waals surface area contributed by atoms with Crippen molar-refractivity contribution in [3.05, 3.63) is 51.3 Å². The second kappa shape index (κ2) is 4.75. The molecule has 3 nitrogen and oxygen atoms in total. The quantitative estimate of drug-likeness (QED) is 0.702. The maximum absolute atomic E-state index is 13.5. The standard InChI is InChI=1S/C14H10BrClFN3/c1-7-11(15)2-3-12-19-13(14(18)20(7)12)8-4-9(16)6-10(17)5-8/h2-6H,18H2,1H3. The van der Waals surface area contributed by atoms with E-state index < -0.39 is 5.82 Å². The first-order chi connectivity index (χ1) is 9.47. The van der Waals surface area contributed by atoms with Crippen LogP contribution in [-0.2, 0) is 0 Å². The van der Waals surface area contributed by atoms with E-state index in [0.717, 1.165) is 10.2 Å². The van der Waals surface area contributed by atoms with Crippen molar-refractivity contribution in [2.45, 2.75) is 6.92 Å². The summed E-state index contributed by atoms with van der Waals surface area (Å²) in [6.07, 6.45) is 0. The van der Waals surface area contributed by atoms with Gasteiger partial charge < -0.3 is 5.73 Å². The Balaban J connectivity index is 2.32. The monoisotopic (exact) mass is 353 g/mol. The predicted octanol–water partition coefficient (Wildman–Crippen LogP) is 4.45. The Morgan fingerprint density at radius 2 is 2.05 bits per heavy atom. The lowest BCUT2D eigenvalue weighted by Gasteiger charge is -2.04. The van der Waals surface area contributed by atoms with Crippen LogP contribution in [0.25, 0.3) is 16.9 Å². The Hall–Kier alpha value is -1.59. The van der Waals surface area contributed by atoms with Crippen molar-refractivity contribution in [3.8, 4) is 11.3 Å². The van der Waals surface area contributed by atoms with Gasteiger partial charge in [0.15, 0.2) is 0 Å². The predicted molar refractivity (Wildman–Crippen MR) is 82.4 cm³/mol. The van der Waals surface area contributed by atoms with Crippen LogP contribution in [0.3, 0.4) is 0 Å². The van der Waals surface area contributed by atoms with E-state index in [1.54, 1.807) is 6.07 Å². The lowest BCUT2D eigenvalue weighted by Crippen LogP contribution is -1.98. The van der Waals surface area contributed by atoms with Gasteiger partial charge >= 0.3 is 0 Å². The zero-order chi connectivity index (χ0) is 14.4. The van der Waals surface area contributed by atoms with Crippen molar-refractivity contribution in [2.24, 2.45) is 0 Å². The van der Waals surface area contributed by atoms with Crippen molar-refractivity contribution in [2.75, 3.05) is 5.73 Å². The van der Waals surface area contributed by atoms with Crippen molar-refractivity contribution >= 4 is 39.0 Å². The number of benzene rings is 1. The summed E-state index contributed by atoms with van der Waals surface area (Å²) in [6, 6.07) is 8.01.